The van der Waals surface area contributed by atoms with Crippen LogP contribution in [-0.4, -0.2) is 17.3 Å². The number of halogens is 1. The van der Waals surface area contributed by atoms with Gasteiger partial charge in [0.05, 0.1) is 12.8 Å². The highest BCUT2D eigenvalue weighted by Crippen LogP contribution is 2.15. The van der Waals surface area contributed by atoms with Gasteiger partial charge in [-0.2, -0.15) is 5.10 Å². The maximum Gasteiger partial charge on any atom is 0.151 e. The smallest absolute Gasteiger partial charge is 0.151 e. The molecule has 1 heterocycles. The molecule has 2 rings (SSSR count). The number of rotatable bonds is 3. The van der Waals surface area contributed by atoms with E-state index in [0.717, 1.165) is 23.4 Å². The van der Waals surface area contributed by atoms with Crippen LogP contribution in [0.1, 0.15) is 11.3 Å². The van der Waals surface area contributed by atoms with Crippen molar-refractivity contribution >= 4 is 11.6 Å². The summed E-state index contributed by atoms with van der Waals surface area (Å²) in [6, 6.07) is 11.5. The van der Waals surface area contributed by atoms with E-state index in [0.29, 0.717) is 5.15 Å². The SMILES string of the molecule is COc1cccc(Cc2ccc(Cl)nn2)c1. The normalized spacial score (nSPS) is 10.1. The Morgan fingerprint density at radius 3 is 2.75 bits per heavy atom. The van der Waals surface area contributed by atoms with Gasteiger partial charge in [0.25, 0.3) is 0 Å². The van der Waals surface area contributed by atoms with E-state index in [1.165, 1.54) is 0 Å². The Morgan fingerprint density at radius 2 is 2.06 bits per heavy atom. The van der Waals surface area contributed by atoms with Crippen LogP contribution in [0.2, 0.25) is 5.15 Å². The van der Waals surface area contributed by atoms with Crippen LogP contribution < -0.4 is 4.74 Å². The Labute approximate surface area is 99.0 Å². The Morgan fingerprint density at radius 1 is 1.19 bits per heavy atom. The first kappa shape index (κ1) is 10.9. The molecule has 4 heteroatoms. The number of hydrogen-bond donors (Lipinski definition) is 0. The second-order valence-corrected chi connectivity index (χ2v) is 3.76. The van der Waals surface area contributed by atoms with Crippen LogP contribution in [0.4, 0.5) is 0 Å². The minimum Gasteiger partial charge on any atom is -0.497 e. The van der Waals surface area contributed by atoms with Gasteiger partial charge in [0.15, 0.2) is 5.15 Å². The Balaban J connectivity index is 2.16. The highest BCUT2D eigenvalue weighted by atomic mass is 35.5. The van der Waals surface area contributed by atoms with Crippen molar-refractivity contribution in [1.29, 1.82) is 0 Å². The van der Waals surface area contributed by atoms with Crippen LogP contribution in [0, 0.1) is 0 Å². The van der Waals surface area contributed by atoms with Crippen LogP contribution in [-0.2, 0) is 6.42 Å². The van der Waals surface area contributed by atoms with Gasteiger partial charge in [-0.15, -0.1) is 5.10 Å². The van der Waals surface area contributed by atoms with Gasteiger partial charge in [-0.25, -0.2) is 0 Å². The molecule has 0 N–H and O–H groups in total. The zero-order valence-electron chi connectivity index (χ0n) is 8.85. The average molecular weight is 235 g/mol. The van der Waals surface area contributed by atoms with Gasteiger partial charge in [-0.1, -0.05) is 23.7 Å². The molecule has 0 spiro atoms. The molecule has 0 bridgehead atoms. The third kappa shape index (κ3) is 2.70. The molecule has 0 amide bonds. The zero-order valence-corrected chi connectivity index (χ0v) is 9.61. The molecule has 0 radical (unpaired) electrons. The second-order valence-electron chi connectivity index (χ2n) is 3.38. The van der Waals surface area contributed by atoms with E-state index < -0.39 is 0 Å². The minimum atomic E-state index is 0.411. The molecular weight excluding hydrogens is 224 g/mol. The molecule has 2 aromatic rings. The second kappa shape index (κ2) is 4.94. The summed E-state index contributed by atoms with van der Waals surface area (Å²) in [4.78, 5) is 0. The highest BCUT2D eigenvalue weighted by molar-refractivity contribution is 6.29. The number of hydrogen-bond acceptors (Lipinski definition) is 3. The van der Waals surface area contributed by atoms with Gasteiger partial charge < -0.3 is 4.74 Å². The Kier molecular flexibility index (Phi) is 3.37. The van der Waals surface area contributed by atoms with Crippen molar-refractivity contribution in [2.75, 3.05) is 7.11 Å². The molecule has 16 heavy (non-hydrogen) atoms. The summed E-state index contributed by atoms with van der Waals surface area (Å²) in [6.07, 6.45) is 0.724. The summed E-state index contributed by atoms with van der Waals surface area (Å²) < 4.78 is 5.15. The van der Waals surface area contributed by atoms with Gasteiger partial charge in [-0.3, -0.25) is 0 Å². The zero-order chi connectivity index (χ0) is 11.4. The summed E-state index contributed by atoms with van der Waals surface area (Å²) in [7, 11) is 1.65. The fourth-order valence-electron chi connectivity index (χ4n) is 1.43. The molecule has 0 fully saturated rings. The maximum atomic E-state index is 5.67. The Hall–Kier alpha value is -1.61. The lowest BCUT2D eigenvalue weighted by molar-refractivity contribution is 0.414. The average Bonchev–Trinajstić information content (AvgIpc) is 2.32. The van der Waals surface area contributed by atoms with Crippen LogP contribution in [0.15, 0.2) is 36.4 Å². The third-order valence-corrected chi connectivity index (χ3v) is 2.41. The topological polar surface area (TPSA) is 35.0 Å². The van der Waals surface area contributed by atoms with Crippen LogP contribution in [0.5, 0.6) is 5.75 Å². The first-order chi connectivity index (χ1) is 7.78. The maximum absolute atomic E-state index is 5.67. The van der Waals surface area contributed by atoms with Crippen molar-refractivity contribution in [3.63, 3.8) is 0 Å². The molecule has 0 saturated heterocycles. The van der Waals surface area contributed by atoms with Crippen LogP contribution >= 0.6 is 11.6 Å². The number of aromatic nitrogens is 2. The first-order valence-electron chi connectivity index (χ1n) is 4.89. The lowest BCUT2D eigenvalue weighted by Crippen LogP contribution is -1.94. The number of nitrogens with zero attached hydrogens (tertiary/aromatic N) is 2. The fourth-order valence-corrected chi connectivity index (χ4v) is 1.53. The largest absolute Gasteiger partial charge is 0.497 e. The molecule has 82 valence electrons. The third-order valence-electron chi connectivity index (χ3n) is 2.21. The standard InChI is InChI=1S/C12H11ClN2O/c1-16-11-4-2-3-9(8-11)7-10-5-6-12(13)15-14-10/h2-6,8H,7H2,1H3. The molecule has 0 atom stereocenters. The quantitative estimate of drug-likeness (QED) is 0.819. The molecule has 1 aromatic carbocycles. The summed E-state index contributed by atoms with van der Waals surface area (Å²) in [5.41, 5.74) is 2.02. The molecule has 0 saturated carbocycles. The summed E-state index contributed by atoms with van der Waals surface area (Å²) in [5.74, 6) is 0.847. The Bertz CT molecular complexity index is 471. The van der Waals surface area contributed by atoms with Crippen LogP contribution in [0.25, 0.3) is 0 Å². The van der Waals surface area contributed by atoms with Gasteiger partial charge in [-0.05, 0) is 29.8 Å². The summed E-state index contributed by atoms with van der Waals surface area (Å²) in [6.45, 7) is 0. The van der Waals surface area contributed by atoms with E-state index in [2.05, 4.69) is 10.2 Å². The fraction of sp³-hybridized carbons (Fsp3) is 0.167. The van der Waals surface area contributed by atoms with Crippen molar-refractivity contribution in [3.8, 4) is 5.75 Å². The number of methoxy groups -OCH3 is 1. The molecule has 3 nitrogen and oxygen atoms in total. The molecule has 0 aliphatic heterocycles. The predicted octanol–water partition coefficient (Wildman–Crippen LogP) is 2.73. The lowest BCUT2D eigenvalue weighted by Gasteiger charge is -2.03. The molecule has 0 aliphatic rings. The highest BCUT2D eigenvalue weighted by Gasteiger charge is 2.00. The van der Waals surface area contributed by atoms with Gasteiger partial charge >= 0.3 is 0 Å². The van der Waals surface area contributed by atoms with Crippen molar-refractivity contribution in [2.24, 2.45) is 0 Å². The molecule has 1 aromatic heterocycles. The first-order valence-corrected chi connectivity index (χ1v) is 5.27. The van der Waals surface area contributed by atoms with Crippen molar-refractivity contribution in [2.45, 2.75) is 6.42 Å². The van der Waals surface area contributed by atoms with E-state index in [-0.39, 0.29) is 0 Å². The minimum absolute atomic E-state index is 0.411. The lowest BCUT2D eigenvalue weighted by atomic mass is 10.1. The van der Waals surface area contributed by atoms with Crippen molar-refractivity contribution in [3.05, 3.63) is 52.8 Å². The number of ether oxygens (including phenoxy) is 1. The van der Waals surface area contributed by atoms with Gasteiger partial charge in [0, 0.05) is 6.42 Å². The van der Waals surface area contributed by atoms with E-state index in [1.54, 1.807) is 13.2 Å². The van der Waals surface area contributed by atoms with Crippen molar-refractivity contribution in [1.82, 2.24) is 10.2 Å². The van der Waals surface area contributed by atoms with E-state index >= 15 is 0 Å². The molecular formula is C12H11ClN2O. The van der Waals surface area contributed by atoms with E-state index in [4.69, 9.17) is 16.3 Å². The summed E-state index contributed by atoms with van der Waals surface area (Å²) >= 11 is 5.67. The van der Waals surface area contributed by atoms with Crippen molar-refractivity contribution < 1.29 is 4.74 Å². The van der Waals surface area contributed by atoms with Gasteiger partial charge in [0.2, 0.25) is 0 Å². The van der Waals surface area contributed by atoms with Crippen LogP contribution in [0.3, 0.4) is 0 Å². The monoisotopic (exact) mass is 234 g/mol. The molecule has 0 unspecified atom stereocenters. The number of benzene rings is 1. The summed E-state index contributed by atoms with van der Waals surface area (Å²) in [5, 5.41) is 8.22. The van der Waals surface area contributed by atoms with E-state index in [1.807, 2.05) is 30.3 Å². The molecule has 0 aliphatic carbocycles. The predicted molar refractivity (Wildman–Crippen MR) is 62.8 cm³/mol. The van der Waals surface area contributed by atoms with E-state index in [9.17, 15) is 0 Å². The van der Waals surface area contributed by atoms with Gasteiger partial charge in [0.1, 0.15) is 5.75 Å².